The van der Waals surface area contributed by atoms with Crippen molar-refractivity contribution in [3.63, 3.8) is 0 Å². The van der Waals surface area contributed by atoms with Gasteiger partial charge < -0.3 is 5.32 Å². The summed E-state index contributed by atoms with van der Waals surface area (Å²) in [5, 5.41) is 12.5. The van der Waals surface area contributed by atoms with Crippen LogP contribution in [-0.4, -0.2) is 28.6 Å². The molecule has 2 aliphatic rings. The molecule has 1 aliphatic heterocycles. The Morgan fingerprint density at radius 3 is 2.65 bits per heavy atom. The Morgan fingerprint density at radius 1 is 1.15 bits per heavy atom. The number of aromatic amines is 1. The Balaban J connectivity index is 1.68. The number of anilines is 2. The third-order valence-electron chi connectivity index (χ3n) is 5.14. The molecular weight excluding hydrogens is 350 g/mol. The molecular formula is C18H17N5O2S. The number of fused-ring (bicyclic) bond motifs is 2. The minimum absolute atomic E-state index is 0.347. The third-order valence-corrected chi connectivity index (χ3v) is 6.66. The molecule has 1 fully saturated rings. The van der Waals surface area contributed by atoms with Gasteiger partial charge in [-0.3, -0.25) is 5.10 Å². The van der Waals surface area contributed by atoms with Gasteiger partial charge in [0, 0.05) is 22.1 Å². The maximum Gasteiger partial charge on any atom is 0.200 e. The number of nitrogens with one attached hydrogen (secondary N) is 2. The van der Waals surface area contributed by atoms with E-state index in [4.69, 9.17) is 0 Å². The van der Waals surface area contributed by atoms with Crippen molar-refractivity contribution in [2.45, 2.75) is 31.6 Å². The van der Waals surface area contributed by atoms with Crippen LogP contribution >= 0.6 is 0 Å². The molecule has 2 N–H and O–H groups in total. The first-order chi connectivity index (χ1) is 12.4. The number of allylic oxidation sites excluding steroid dienone is 1. The van der Waals surface area contributed by atoms with E-state index in [0.29, 0.717) is 27.8 Å². The van der Waals surface area contributed by atoms with Crippen molar-refractivity contribution in [1.82, 2.24) is 20.2 Å². The summed E-state index contributed by atoms with van der Waals surface area (Å²) < 4.78 is 25.2. The highest BCUT2D eigenvalue weighted by molar-refractivity contribution is 7.95. The molecule has 0 spiro atoms. The van der Waals surface area contributed by atoms with Crippen LogP contribution in [0.5, 0.6) is 0 Å². The first-order valence-electron chi connectivity index (χ1n) is 8.48. The van der Waals surface area contributed by atoms with E-state index >= 15 is 0 Å². The molecule has 8 heteroatoms. The lowest BCUT2D eigenvalue weighted by Gasteiger charge is -2.10. The second-order valence-corrected chi connectivity index (χ2v) is 8.69. The molecule has 7 nitrogen and oxygen atoms in total. The molecule has 26 heavy (non-hydrogen) atoms. The van der Waals surface area contributed by atoms with Gasteiger partial charge in [-0.2, -0.15) is 5.10 Å². The van der Waals surface area contributed by atoms with E-state index in [1.54, 1.807) is 6.07 Å². The van der Waals surface area contributed by atoms with E-state index in [1.165, 1.54) is 11.7 Å². The van der Waals surface area contributed by atoms with E-state index in [-0.39, 0.29) is 0 Å². The minimum atomic E-state index is -3.41. The van der Waals surface area contributed by atoms with Gasteiger partial charge in [-0.1, -0.05) is 0 Å². The molecule has 0 saturated heterocycles. The summed E-state index contributed by atoms with van der Waals surface area (Å²) in [7, 11) is -3.41. The van der Waals surface area contributed by atoms with Gasteiger partial charge in [-0.05, 0) is 55.9 Å². The predicted molar refractivity (Wildman–Crippen MR) is 98.8 cm³/mol. The first kappa shape index (κ1) is 15.5. The van der Waals surface area contributed by atoms with Crippen molar-refractivity contribution in [3.8, 4) is 0 Å². The largest absolute Gasteiger partial charge is 0.323 e. The van der Waals surface area contributed by atoms with Crippen molar-refractivity contribution >= 4 is 37.9 Å². The van der Waals surface area contributed by atoms with Crippen LogP contribution in [0.3, 0.4) is 0 Å². The van der Waals surface area contributed by atoms with Gasteiger partial charge in [0.15, 0.2) is 5.82 Å². The molecule has 1 saturated carbocycles. The Bertz CT molecular complexity index is 1210. The van der Waals surface area contributed by atoms with Crippen molar-refractivity contribution in [2.75, 3.05) is 5.32 Å². The van der Waals surface area contributed by atoms with Gasteiger partial charge >= 0.3 is 0 Å². The van der Waals surface area contributed by atoms with Crippen molar-refractivity contribution < 1.29 is 8.42 Å². The van der Waals surface area contributed by atoms with Crippen molar-refractivity contribution in [2.24, 2.45) is 5.92 Å². The average molecular weight is 367 g/mol. The fourth-order valence-electron chi connectivity index (χ4n) is 3.37. The van der Waals surface area contributed by atoms with Crippen molar-refractivity contribution in [3.05, 3.63) is 40.7 Å². The highest BCUT2D eigenvalue weighted by atomic mass is 32.2. The fraction of sp³-hybridized carbons (Fsp3) is 0.278. The molecule has 3 aromatic rings. The molecule has 3 heterocycles. The number of H-pyrrole nitrogens is 1. The standard InChI is InChI=1S/C18H17N5O2S/c1-9-10(2)22-23-17(9)21-18-13-6-16-12(5-15(13)19-8-20-18)14(11-3-4-11)7-26(16,24)25/h5-8,11H,3-4H2,1-2H3,(H2,19,20,21,22,23). The summed E-state index contributed by atoms with van der Waals surface area (Å²) in [4.78, 5) is 9.00. The van der Waals surface area contributed by atoms with Crippen LogP contribution in [0.25, 0.3) is 16.5 Å². The SMILES string of the molecule is Cc1[nH]nc(Nc2ncnc3cc4c(cc23)S(=O)(=O)C=C4C2CC2)c1C. The van der Waals surface area contributed by atoms with Gasteiger partial charge in [0.05, 0.1) is 10.4 Å². The number of rotatable bonds is 3. The van der Waals surface area contributed by atoms with E-state index in [2.05, 4.69) is 25.5 Å². The van der Waals surface area contributed by atoms with Gasteiger partial charge in [0.2, 0.25) is 9.84 Å². The molecule has 0 bridgehead atoms. The normalized spacial score (nSPS) is 18.0. The second-order valence-electron chi connectivity index (χ2n) is 6.93. The summed E-state index contributed by atoms with van der Waals surface area (Å²) in [6.07, 6.45) is 3.58. The van der Waals surface area contributed by atoms with E-state index in [9.17, 15) is 8.42 Å². The molecule has 1 aliphatic carbocycles. The number of aromatic nitrogens is 4. The van der Waals surface area contributed by atoms with Crippen LogP contribution in [0.4, 0.5) is 11.6 Å². The van der Waals surface area contributed by atoms with Crippen LogP contribution < -0.4 is 5.32 Å². The summed E-state index contributed by atoms with van der Waals surface area (Å²) >= 11 is 0. The quantitative estimate of drug-likeness (QED) is 0.737. The zero-order valence-corrected chi connectivity index (χ0v) is 15.2. The smallest absolute Gasteiger partial charge is 0.200 e. The molecule has 5 rings (SSSR count). The average Bonchev–Trinajstić information content (AvgIpc) is 3.37. The van der Waals surface area contributed by atoms with E-state index in [1.807, 2.05) is 19.9 Å². The van der Waals surface area contributed by atoms with Crippen LogP contribution in [0.15, 0.2) is 28.8 Å². The highest BCUT2D eigenvalue weighted by Crippen LogP contribution is 2.48. The fourth-order valence-corrected chi connectivity index (χ4v) is 4.91. The number of benzene rings is 1. The summed E-state index contributed by atoms with van der Waals surface area (Å²) in [5.41, 5.74) is 4.39. The highest BCUT2D eigenvalue weighted by Gasteiger charge is 2.36. The Morgan fingerprint density at radius 2 is 1.96 bits per heavy atom. The van der Waals surface area contributed by atoms with Crippen molar-refractivity contribution in [1.29, 1.82) is 0 Å². The Kier molecular flexibility index (Phi) is 3.06. The maximum absolute atomic E-state index is 12.6. The van der Waals surface area contributed by atoms with Crippen LogP contribution in [0, 0.1) is 19.8 Å². The summed E-state index contributed by atoms with van der Waals surface area (Å²) in [5.74, 6) is 1.57. The molecule has 0 atom stereocenters. The number of hydrogen-bond donors (Lipinski definition) is 2. The Labute approximate surface area is 150 Å². The van der Waals surface area contributed by atoms with E-state index < -0.39 is 9.84 Å². The molecule has 2 aromatic heterocycles. The molecule has 132 valence electrons. The third kappa shape index (κ3) is 2.25. The predicted octanol–water partition coefficient (Wildman–Crippen LogP) is 3.25. The van der Waals surface area contributed by atoms with Gasteiger partial charge in [-0.15, -0.1) is 0 Å². The topological polar surface area (TPSA) is 101 Å². The Hall–Kier alpha value is -2.74. The maximum atomic E-state index is 12.6. The first-order valence-corrected chi connectivity index (χ1v) is 10.0. The lowest BCUT2D eigenvalue weighted by molar-refractivity contribution is 0.605. The number of aryl methyl sites for hydroxylation is 1. The minimum Gasteiger partial charge on any atom is -0.323 e. The van der Waals surface area contributed by atoms with Gasteiger partial charge in [0.25, 0.3) is 0 Å². The lowest BCUT2D eigenvalue weighted by Crippen LogP contribution is -2.00. The van der Waals surface area contributed by atoms with Crippen LogP contribution in [0.2, 0.25) is 0 Å². The zero-order chi connectivity index (χ0) is 18.1. The monoisotopic (exact) mass is 367 g/mol. The summed E-state index contributed by atoms with van der Waals surface area (Å²) in [6, 6.07) is 3.55. The summed E-state index contributed by atoms with van der Waals surface area (Å²) in [6.45, 7) is 3.90. The molecule has 1 aromatic carbocycles. The molecule has 0 amide bonds. The number of hydrogen-bond acceptors (Lipinski definition) is 6. The number of nitrogens with zero attached hydrogens (tertiary/aromatic N) is 3. The number of sulfone groups is 1. The van der Waals surface area contributed by atoms with E-state index in [0.717, 1.165) is 40.8 Å². The lowest BCUT2D eigenvalue weighted by atomic mass is 10.0. The van der Waals surface area contributed by atoms with Gasteiger partial charge in [0.1, 0.15) is 12.1 Å². The van der Waals surface area contributed by atoms with Crippen LogP contribution in [0.1, 0.15) is 29.7 Å². The zero-order valence-electron chi connectivity index (χ0n) is 14.4. The second kappa shape index (κ2) is 5.14. The molecule has 0 unspecified atom stereocenters. The van der Waals surface area contributed by atoms with Crippen LogP contribution in [-0.2, 0) is 9.84 Å². The van der Waals surface area contributed by atoms with Gasteiger partial charge in [-0.25, -0.2) is 18.4 Å². The molecule has 0 radical (unpaired) electrons.